The highest BCUT2D eigenvalue weighted by Crippen LogP contribution is 2.44. The van der Waals surface area contributed by atoms with Crippen molar-refractivity contribution in [1.29, 1.82) is 0 Å². The average molecular weight is 266 g/mol. The van der Waals surface area contributed by atoms with Crippen LogP contribution in [0, 0.1) is 11.2 Å². The second-order valence-corrected chi connectivity index (χ2v) is 5.15. The number of halogens is 1. The van der Waals surface area contributed by atoms with E-state index in [1.54, 1.807) is 6.07 Å². The Morgan fingerprint density at radius 2 is 2.16 bits per heavy atom. The maximum atomic E-state index is 12.9. The summed E-state index contributed by atoms with van der Waals surface area (Å²) < 4.78 is 12.9. The molecule has 3 N–H and O–H groups in total. The second kappa shape index (κ2) is 6.02. The second-order valence-electron chi connectivity index (χ2n) is 5.15. The molecule has 1 aromatic rings. The molecule has 19 heavy (non-hydrogen) atoms. The van der Waals surface area contributed by atoms with Crippen molar-refractivity contribution < 1.29 is 14.3 Å². The summed E-state index contributed by atoms with van der Waals surface area (Å²) >= 11 is 0. The van der Waals surface area contributed by atoms with Crippen LogP contribution >= 0.6 is 0 Å². The molecule has 1 aromatic carbocycles. The Hall–Kier alpha value is -1.62. The normalized spacial score (nSPS) is 15.9. The number of nitrogens with one attached hydrogen (secondary N) is 2. The van der Waals surface area contributed by atoms with Gasteiger partial charge in [-0.2, -0.15) is 0 Å². The molecular formula is C14H19FN2O2. The van der Waals surface area contributed by atoms with E-state index in [9.17, 15) is 9.18 Å². The van der Waals surface area contributed by atoms with Crippen LogP contribution in [0.25, 0.3) is 0 Å². The quantitative estimate of drug-likeness (QED) is 0.729. The van der Waals surface area contributed by atoms with Crippen molar-refractivity contribution in [1.82, 2.24) is 10.6 Å². The lowest BCUT2D eigenvalue weighted by molar-refractivity contribution is 0.203. The third-order valence-corrected chi connectivity index (χ3v) is 3.50. The smallest absolute Gasteiger partial charge is 0.314 e. The highest BCUT2D eigenvalue weighted by Gasteiger charge is 2.41. The van der Waals surface area contributed by atoms with Crippen molar-refractivity contribution >= 4 is 6.03 Å². The minimum Gasteiger partial charge on any atom is -0.396 e. The molecule has 1 fully saturated rings. The highest BCUT2D eigenvalue weighted by molar-refractivity contribution is 5.73. The minimum absolute atomic E-state index is 0.0834. The Balaban J connectivity index is 1.64. The van der Waals surface area contributed by atoms with Gasteiger partial charge >= 0.3 is 6.03 Å². The summed E-state index contributed by atoms with van der Waals surface area (Å²) in [5.41, 5.74) is 0.772. The summed E-state index contributed by atoms with van der Waals surface area (Å²) in [5, 5.41) is 14.6. The summed E-state index contributed by atoms with van der Waals surface area (Å²) in [6, 6.07) is 6.10. The van der Waals surface area contributed by atoms with Crippen LogP contribution in [0.3, 0.4) is 0 Å². The van der Waals surface area contributed by atoms with E-state index >= 15 is 0 Å². The van der Waals surface area contributed by atoms with E-state index < -0.39 is 0 Å². The number of rotatable bonds is 6. The predicted octanol–water partition coefficient (Wildman–Crippen LogP) is 1.44. The first-order valence-corrected chi connectivity index (χ1v) is 6.51. The molecular weight excluding hydrogens is 247 g/mol. The van der Waals surface area contributed by atoms with Crippen LogP contribution < -0.4 is 10.6 Å². The van der Waals surface area contributed by atoms with Crippen LogP contribution in [-0.2, 0) is 6.42 Å². The number of hydrogen-bond donors (Lipinski definition) is 3. The molecule has 1 aliphatic rings. The van der Waals surface area contributed by atoms with Crippen LogP contribution in [0.2, 0.25) is 0 Å². The lowest BCUT2D eigenvalue weighted by atomic mass is 10.1. The largest absolute Gasteiger partial charge is 0.396 e. The van der Waals surface area contributed by atoms with Gasteiger partial charge < -0.3 is 15.7 Å². The summed E-state index contributed by atoms with van der Waals surface area (Å²) in [6.07, 6.45) is 2.52. The van der Waals surface area contributed by atoms with Crippen molar-refractivity contribution in [2.75, 3.05) is 19.7 Å². The van der Waals surface area contributed by atoms with E-state index in [1.165, 1.54) is 12.1 Å². The molecule has 2 rings (SSSR count). The molecule has 0 aliphatic heterocycles. The molecule has 0 atom stereocenters. The van der Waals surface area contributed by atoms with E-state index in [4.69, 9.17) is 5.11 Å². The number of hydrogen-bond acceptors (Lipinski definition) is 2. The zero-order valence-electron chi connectivity index (χ0n) is 10.8. The van der Waals surface area contributed by atoms with Crippen LogP contribution in [0.4, 0.5) is 9.18 Å². The molecule has 0 heterocycles. The predicted molar refractivity (Wildman–Crippen MR) is 70.3 cm³/mol. The third-order valence-electron chi connectivity index (χ3n) is 3.50. The topological polar surface area (TPSA) is 61.4 Å². The molecule has 2 amide bonds. The first-order valence-electron chi connectivity index (χ1n) is 6.51. The van der Waals surface area contributed by atoms with Gasteiger partial charge in [0.1, 0.15) is 5.82 Å². The van der Waals surface area contributed by atoms with Gasteiger partial charge in [-0.1, -0.05) is 12.1 Å². The molecule has 0 bridgehead atoms. The molecule has 1 aliphatic carbocycles. The monoisotopic (exact) mass is 266 g/mol. The van der Waals surface area contributed by atoms with Crippen molar-refractivity contribution in [3.63, 3.8) is 0 Å². The minimum atomic E-state index is -0.263. The standard InChI is InChI=1S/C14H19FN2O2/c15-12-3-1-2-11(8-12)4-7-16-13(19)17-9-14(10-18)5-6-14/h1-3,8,18H,4-7,9-10H2,(H2,16,17,19). The van der Waals surface area contributed by atoms with Gasteiger partial charge in [0.2, 0.25) is 0 Å². The molecule has 0 saturated heterocycles. The first-order chi connectivity index (χ1) is 9.13. The van der Waals surface area contributed by atoms with E-state index in [0.29, 0.717) is 19.5 Å². The zero-order valence-corrected chi connectivity index (χ0v) is 10.8. The molecule has 0 unspecified atom stereocenters. The summed E-state index contributed by atoms with van der Waals surface area (Å²) in [5.74, 6) is -0.263. The summed E-state index contributed by atoms with van der Waals surface area (Å²) in [7, 11) is 0. The highest BCUT2D eigenvalue weighted by atomic mass is 19.1. The van der Waals surface area contributed by atoms with Crippen LogP contribution in [0.1, 0.15) is 18.4 Å². The number of amides is 2. The fourth-order valence-electron chi connectivity index (χ4n) is 1.91. The van der Waals surface area contributed by atoms with Crippen LogP contribution in [0.5, 0.6) is 0 Å². The van der Waals surface area contributed by atoms with E-state index in [2.05, 4.69) is 10.6 Å². The number of carbonyl (C=O) groups excluding carboxylic acids is 1. The lowest BCUT2D eigenvalue weighted by Crippen LogP contribution is -2.40. The molecule has 0 radical (unpaired) electrons. The molecule has 1 saturated carbocycles. The number of carbonyl (C=O) groups is 1. The Bertz CT molecular complexity index is 447. The zero-order chi connectivity index (χ0) is 13.7. The number of aliphatic hydroxyl groups is 1. The maximum Gasteiger partial charge on any atom is 0.314 e. The maximum absolute atomic E-state index is 12.9. The van der Waals surface area contributed by atoms with Crippen molar-refractivity contribution in [3.8, 4) is 0 Å². The Morgan fingerprint density at radius 1 is 1.37 bits per heavy atom. The fraction of sp³-hybridized carbons (Fsp3) is 0.500. The van der Waals surface area contributed by atoms with E-state index in [1.807, 2.05) is 6.07 Å². The number of benzene rings is 1. The van der Waals surface area contributed by atoms with E-state index in [0.717, 1.165) is 18.4 Å². The third kappa shape index (κ3) is 4.21. The molecule has 4 nitrogen and oxygen atoms in total. The van der Waals surface area contributed by atoms with Gasteiger partial charge in [-0.3, -0.25) is 0 Å². The van der Waals surface area contributed by atoms with Gasteiger partial charge in [-0.05, 0) is 37.0 Å². The molecule has 5 heteroatoms. The first kappa shape index (κ1) is 13.8. The van der Waals surface area contributed by atoms with E-state index in [-0.39, 0.29) is 23.9 Å². The SMILES string of the molecule is O=C(NCCc1cccc(F)c1)NCC1(CO)CC1. The summed E-state index contributed by atoms with van der Waals surface area (Å²) in [6.45, 7) is 1.09. The number of aliphatic hydroxyl groups excluding tert-OH is 1. The van der Waals surface area contributed by atoms with Gasteiger partial charge in [-0.25, -0.2) is 9.18 Å². The Morgan fingerprint density at radius 3 is 2.79 bits per heavy atom. The molecule has 0 spiro atoms. The lowest BCUT2D eigenvalue weighted by Gasteiger charge is -2.13. The van der Waals surface area contributed by atoms with Gasteiger partial charge in [0.25, 0.3) is 0 Å². The fourth-order valence-corrected chi connectivity index (χ4v) is 1.91. The molecule has 0 aromatic heterocycles. The van der Waals surface area contributed by atoms with Crippen molar-refractivity contribution in [2.24, 2.45) is 5.41 Å². The van der Waals surface area contributed by atoms with Gasteiger partial charge in [0.15, 0.2) is 0 Å². The van der Waals surface area contributed by atoms with Gasteiger partial charge in [0, 0.05) is 18.5 Å². The van der Waals surface area contributed by atoms with Crippen molar-refractivity contribution in [3.05, 3.63) is 35.6 Å². The van der Waals surface area contributed by atoms with Gasteiger partial charge in [0.05, 0.1) is 6.61 Å². The molecule has 104 valence electrons. The summed E-state index contributed by atoms with van der Waals surface area (Å²) in [4.78, 5) is 11.5. The van der Waals surface area contributed by atoms with Crippen molar-refractivity contribution in [2.45, 2.75) is 19.3 Å². The van der Waals surface area contributed by atoms with Crippen LogP contribution in [-0.4, -0.2) is 30.8 Å². The van der Waals surface area contributed by atoms with Gasteiger partial charge in [-0.15, -0.1) is 0 Å². The Labute approximate surface area is 112 Å². The number of urea groups is 1. The Kier molecular flexibility index (Phi) is 4.37. The average Bonchev–Trinajstić information content (AvgIpc) is 3.17. The van der Waals surface area contributed by atoms with Crippen LogP contribution in [0.15, 0.2) is 24.3 Å².